The van der Waals surface area contributed by atoms with Gasteiger partial charge in [-0.05, 0) is 67.3 Å². The van der Waals surface area contributed by atoms with Crippen LogP contribution in [0.5, 0.6) is 0 Å². The summed E-state index contributed by atoms with van der Waals surface area (Å²) in [6.07, 6.45) is 12.7. The second kappa shape index (κ2) is 10.4. The highest BCUT2D eigenvalue weighted by atomic mass is 32.2. The number of hydrogen-bond donors (Lipinski definition) is 1. The summed E-state index contributed by atoms with van der Waals surface area (Å²) in [6.45, 7) is 1.80. The molecular weight excluding hydrogens is 462 g/mol. The zero-order valence-corrected chi connectivity index (χ0v) is 21.0. The summed E-state index contributed by atoms with van der Waals surface area (Å²) in [5, 5.41) is 13.5. The molecule has 1 saturated heterocycles. The number of aromatic nitrogens is 5. The van der Waals surface area contributed by atoms with Crippen LogP contribution in [0.1, 0.15) is 56.6 Å². The van der Waals surface area contributed by atoms with Crippen molar-refractivity contribution in [3.05, 3.63) is 48.3 Å². The zero-order chi connectivity index (χ0) is 24.3. The van der Waals surface area contributed by atoms with Gasteiger partial charge in [0.15, 0.2) is 0 Å². The van der Waals surface area contributed by atoms with Crippen LogP contribution in [0, 0.1) is 5.92 Å². The minimum Gasteiger partial charge on any atom is -0.370 e. The van der Waals surface area contributed by atoms with Crippen molar-refractivity contribution in [3.8, 4) is 11.4 Å². The molecule has 1 aromatic carbocycles. The van der Waals surface area contributed by atoms with E-state index >= 15 is 0 Å². The molecule has 35 heavy (non-hydrogen) atoms. The minimum absolute atomic E-state index is 0.162. The Labute approximate surface area is 207 Å². The molecule has 9 nitrogen and oxygen atoms in total. The predicted octanol–water partition coefficient (Wildman–Crippen LogP) is 3.61. The smallest absolute Gasteiger partial charge is 0.240 e. The average molecular weight is 496 g/mol. The number of sulfonamides is 1. The molecule has 3 aromatic rings. The van der Waals surface area contributed by atoms with Crippen molar-refractivity contribution in [1.82, 2.24) is 29.9 Å². The molecule has 186 valence electrons. The molecule has 0 unspecified atom stereocenters. The van der Waals surface area contributed by atoms with Gasteiger partial charge in [-0.25, -0.2) is 13.1 Å². The van der Waals surface area contributed by atoms with Crippen LogP contribution in [-0.4, -0.2) is 53.7 Å². The lowest BCUT2D eigenvalue weighted by molar-refractivity contribution is 0.328. The lowest BCUT2D eigenvalue weighted by Gasteiger charge is -2.32. The monoisotopic (exact) mass is 495 g/mol. The third-order valence-corrected chi connectivity index (χ3v) is 8.78. The number of piperidine rings is 1. The summed E-state index contributed by atoms with van der Waals surface area (Å²) in [5.41, 5.74) is 3.00. The molecule has 0 amide bonds. The maximum absolute atomic E-state index is 12.5. The molecule has 1 saturated carbocycles. The fraction of sp³-hybridized carbons (Fsp3) is 0.520. The maximum Gasteiger partial charge on any atom is 0.240 e. The van der Waals surface area contributed by atoms with Crippen molar-refractivity contribution in [2.24, 2.45) is 5.92 Å². The van der Waals surface area contributed by atoms with E-state index in [0.29, 0.717) is 11.7 Å². The number of pyridine rings is 1. The number of anilines is 1. The first-order valence-electron chi connectivity index (χ1n) is 12.5. The van der Waals surface area contributed by atoms with Gasteiger partial charge >= 0.3 is 0 Å². The van der Waals surface area contributed by atoms with E-state index < -0.39 is 10.0 Å². The van der Waals surface area contributed by atoms with Crippen molar-refractivity contribution in [2.45, 2.75) is 62.3 Å². The highest BCUT2D eigenvalue weighted by Gasteiger charge is 2.25. The molecule has 5 rings (SSSR count). The maximum atomic E-state index is 12.5. The van der Waals surface area contributed by atoms with Gasteiger partial charge in [-0.3, -0.25) is 4.98 Å². The average Bonchev–Trinajstić information content (AvgIpc) is 3.40. The standard InChI is InChI=1S/C25H33N7O2S/c1-26-35(33,34)23-10-9-20(16-19-6-3-2-4-7-19)24(17-23)25-28-30-32(29-25)21-11-14-31(15-12-21)22-8-5-13-27-18-22/h5,8-10,13,17-19,21,26H,2-4,6-7,11-12,14-16H2,1H3. The van der Waals surface area contributed by atoms with Gasteiger partial charge in [0, 0.05) is 24.8 Å². The predicted molar refractivity (Wildman–Crippen MR) is 134 cm³/mol. The molecule has 0 radical (unpaired) electrons. The Morgan fingerprint density at radius 2 is 1.86 bits per heavy atom. The van der Waals surface area contributed by atoms with E-state index in [9.17, 15) is 8.42 Å². The summed E-state index contributed by atoms with van der Waals surface area (Å²) in [6, 6.07) is 9.53. The van der Waals surface area contributed by atoms with Crippen LogP contribution in [0.2, 0.25) is 0 Å². The van der Waals surface area contributed by atoms with Crippen LogP contribution < -0.4 is 9.62 Å². The quantitative estimate of drug-likeness (QED) is 0.534. The van der Waals surface area contributed by atoms with Crippen molar-refractivity contribution in [3.63, 3.8) is 0 Å². The number of nitrogens with zero attached hydrogens (tertiary/aromatic N) is 6. The van der Waals surface area contributed by atoms with Gasteiger partial charge in [0.05, 0.1) is 22.8 Å². The molecule has 1 aliphatic carbocycles. The first-order valence-corrected chi connectivity index (χ1v) is 14.0. The van der Waals surface area contributed by atoms with Crippen LogP contribution in [0.15, 0.2) is 47.6 Å². The molecule has 1 aliphatic heterocycles. The largest absolute Gasteiger partial charge is 0.370 e. The topological polar surface area (TPSA) is 106 Å². The Morgan fingerprint density at radius 1 is 1.06 bits per heavy atom. The molecule has 0 spiro atoms. The lowest BCUT2D eigenvalue weighted by atomic mass is 9.84. The normalized spacial score (nSPS) is 18.1. The van der Waals surface area contributed by atoms with Crippen LogP contribution in [0.25, 0.3) is 11.4 Å². The number of tetrazole rings is 1. The molecule has 2 fully saturated rings. The van der Waals surface area contributed by atoms with Crippen LogP contribution in [0.4, 0.5) is 5.69 Å². The number of rotatable bonds is 7. The molecule has 10 heteroatoms. The van der Waals surface area contributed by atoms with Gasteiger partial charge in [0.2, 0.25) is 15.8 Å². The molecular formula is C25H33N7O2S. The van der Waals surface area contributed by atoms with Gasteiger partial charge in [0.25, 0.3) is 0 Å². The summed E-state index contributed by atoms with van der Waals surface area (Å²) >= 11 is 0. The van der Waals surface area contributed by atoms with E-state index in [4.69, 9.17) is 5.10 Å². The van der Waals surface area contributed by atoms with Gasteiger partial charge in [-0.15, -0.1) is 10.2 Å². The van der Waals surface area contributed by atoms with E-state index in [1.807, 2.05) is 18.3 Å². The molecule has 0 bridgehead atoms. The van der Waals surface area contributed by atoms with Crippen molar-refractivity contribution in [1.29, 1.82) is 0 Å². The lowest BCUT2D eigenvalue weighted by Crippen LogP contribution is -2.35. The Bertz CT molecular complexity index is 1230. The molecule has 0 atom stereocenters. The SMILES string of the molecule is CNS(=O)(=O)c1ccc(CC2CCCCC2)c(-c2nnn(C3CCN(c4cccnc4)CC3)n2)c1. The molecule has 1 N–H and O–H groups in total. The number of hydrogen-bond acceptors (Lipinski definition) is 7. The Balaban J connectivity index is 1.38. The van der Waals surface area contributed by atoms with E-state index in [0.717, 1.165) is 49.2 Å². The summed E-state index contributed by atoms with van der Waals surface area (Å²) in [5.74, 6) is 1.11. The highest BCUT2D eigenvalue weighted by Crippen LogP contribution is 2.32. The second-order valence-corrected chi connectivity index (χ2v) is 11.5. The van der Waals surface area contributed by atoms with Crippen molar-refractivity contribution in [2.75, 3.05) is 25.0 Å². The van der Waals surface area contributed by atoms with Crippen LogP contribution in [0.3, 0.4) is 0 Å². The molecule has 3 heterocycles. The Hall–Kier alpha value is -2.85. The third-order valence-electron chi connectivity index (χ3n) is 7.37. The van der Waals surface area contributed by atoms with Crippen molar-refractivity contribution < 1.29 is 8.42 Å². The first kappa shape index (κ1) is 23.9. The van der Waals surface area contributed by atoms with E-state index in [1.165, 1.54) is 39.2 Å². The first-order chi connectivity index (χ1) is 17.0. The van der Waals surface area contributed by atoms with Crippen LogP contribution >= 0.6 is 0 Å². The Morgan fingerprint density at radius 3 is 2.57 bits per heavy atom. The second-order valence-electron chi connectivity index (χ2n) is 9.60. The minimum atomic E-state index is -3.57. The molecule has 2 aliphatic rings. The molecule has 2 aromatic heterocycles. The fourth-order valence-corrected chi connectivity index (χ4v) is 6.07. The van der Waals surface area contributed by atoms with Crippen molar-refractivity contribution >= 4 is 15.7 Å². The summed E-state index contributed by atoms with van der Waals surface area (Å²) in [7, 11) is -2.14. The van der Waals surface area contributed by atoms with Gasteiger partial charge in [0.1, 0.15) is 0 Å². The number of nitrogens with one attached hydrogen (secondary N) is 1. The highest BCUT2D eigenvalue weighted by molar-refractivity contribution is 7.89. The summed E-state index contributed by atoms with van der Waals surface area (Å²) in [4.78, 5) is 8.50. The van der Waals surface area contributed by atoms with E-state index in [2.05, 4.69) is 31.0 Å². The van der Waals surface area contributed by atoms with E-state index in [-0.39, 0.29) is 10.9 Å². The zero-order valence-electron chi connectivity index (χ0n) is 20.2. The van der Waals surface area contributed by atoms with Crippen LogP contribution in [-0.2, 0) is 16.4 Å². The fourth-order valence-electron chi connectivity index (χ4n) is 5.31. The summed E-state index contributed by atoms with van der Waals surface area (Å²) < 4.78 is 27.4. The van der Waals surface area contributed by atoms with Gasteiger partial charge < -0.3 is 4.90 Å². The Kier molecular flexibility index (Phi) is 7.10. The number of benzene rings is 1. The van der Waals surface area contributed by atoms with E-state index in [1.54, 1.807) is 23.1 Å². The third kappa shape index (κ3) is 5.38. The van der Waals surface area contributed by atoms with Gasteiger partial charge in [-0.1, -0.05) is 38.2 Å². The van der Waals surface area contributed by atoms with Gasteiger partial charge in [-0.2, -0.15) is 4.80 Å².